The average Bonchev–Trinajstić information content (AvgIpc) is 2.50. The summed E-state index contributed by atoms with van der Waals surface area (Å²) in [6.45, 7) is 4.49. The first-order valence-electron chi connectivity index (χ1n) is 7.91. The molecule has 0 saturated heterocycles. The molecule has 0 fully saturated rings. The molecule has 2 rings (SSSR count). The largest absolute Gasteiger partial charge is 0.262 e. The Balaban J connectivity index is 1.98. The molecule has 0 saturated carbocycles. The summed E-state index contributed by atoms with van der Waals surface area (Å²) < 4.78 is 0. The summed E-state index contributed by atoms with van der Waals surface area (Å²) >= 11 is 0. The maximum Gasteiger partial charge on any atom is 0.132 e. The molecular formula is C17H25N3. The molecule has 0 bridgehead atoms. The zero-order valence-corrected chi connectivity index (χ0v) is 12.7. The van der Waals surface area contributed by atoms with Gasteiger partial charge in [0, 0.05) is 23.7 Å². The van der Waals surface area contributed by atoms with E-state index in [-0.39, 0.29) is 0 Å². The first kappa shape index (κ1) is 14.9. The van der Waals surface area contributed by atoms with E-state index in [0.29, 0.717) is 5.92 Å². The zero-order chi connectivity index (χ0) is 14.2. The second-order valence-electron chi connectivity index (χ2n) is 5.47. The van der Waals surface area contributed by atoms with Gasteiger partial charge in [-0.25, -0.2) is 9.97 Å². The SMILES string of the molecule is CCCCCCCC(CC)c1ncc2ccncc2n1. The zero-order valence-electron chi connectivity index (χ0n) is 12.7. The van der Waals surface area contributed by atoms with Gasteiger partial charge in [0.25, 0.3) is 0 Å². The van der Waals surface area contributed by atoms with Gasteiger partial charge in [0.2, 0.25) is 0 Å². The van der Waals surface area contributed by atoms with Gasteiger partial charge in [-0.05, 0) is 18.9 Å². The Labute approximate surface area is 121 Å². The second-order valence-corrected chi connectivity index (χ2v) is 5.47. The van der Waals surface area contributed by atoms with Crippen LogP contribution in [-0.4, -0.2) is 15.0 Å². The highest BCUT2D eigenvalue weighted by Crippen LogP contribution is 2.24. The van der Waals surface area contributed by atoms with Crippen LogP contribution in [0.3, 0.4) is 0 Å². The number of nitrogens with zero attached hydrogens (tertiary/aromatic N) is 3. The third-order valence-electron chi connectivity index (χ3n) is 3.92. The fraction of sp³-hybridized carbons (Fsp3) is 0.588. The van der Waals surface area contributed by atoms with E-state index in [9.17, 15) is 0 Å². The molecule has 2 heterocycles. The van der Waals surface area contributed by atoms with Crippen LogP contribution in [0.1, 0.15) is 70.5 Å². The minimum Gasteiger partial charge on any atom is -0.262 e. The molecule has 0 amide bonds. The summed E-state index contributed by atoms with van der Waals surface area (Å²) in [5, 5.41) is 1.07. The topological polar surface area (TPSA) is 38.7 Å². The third kappa shape index (κ3) is 3.99. The van der Waals surface area contributed by atoms with Gasteiger partial charge in [-0.2, -0.15) is 0 Å². The molecule has 0 aliphatic heterocycles. The normalized spacial score (nSPS) is 12.7. The Hall–Kier alpha value is -1.51. The van der Waals surface area contributed by atoms with Crippen molar-refractivity contribution in [2.75, 3.05) is 0 Å². The minimum atomic E-state index is 0.487. The number of hydrogen-bond donors (Lipinski definition) is 0. The maximum absolute atomic E-state index is 4.69. The lowest BCUT2D eigenvalue weighted by Crippen LogP contribution is -2.04. The van der Waals surface area contributed by atoms with Crippen LogP contribution < -0.4 is 0 Å². The fourth-order valence-corrected chi connectivity index (χ4v) is 2.59. The fourth-order valence-electron chi connectivity index (χ4n) is 2.59. The molecule has 108 valence electrons. The molecule has 20 heavy (non-hydrogen) atoms. The van der Waals surface area contributed by atoms with Gasteiger partial charge in [-0.15, -0.1) is 0 Å². The average molecular weight is 271 g/mol. The van der Waals surface area contributed by atoms with E-state index in [4.69, 9.17) is 0 Å². The molecule has 3 heteroatoms. The van der Waals surface area contributed by atoms with Gasteiger partial charge in [0.05, 0.1) is 11.7 Å². The first-order valence-corrected chi connectivity index (χ1v) is 7.91. The number of aromatic nitrogens is 3. The molecule has 0 spiro atoms. The van der Waals surface area contributed by atoms with E-state index >= 15 is 0 Å². The van der Waals surface area contributed by atoms with Gasteiger partial charge >= 0.3 is 0 Å². The van der Waals surface area contributed by atoms with Gasteiger partial charge in [0.15, 0.2) is 0 Å². The van der Waals surface area contributed by atoms with Gasteiger partial charge in [-0.1, -0.05) is 46.0 Å². The van der Waals surface area contributed by atoms with Crippen LogP contribution in [0.4, 0.5) is 0 Å². The van der Waals surface area contributed by atoms with Crippen molar-refractivity contribution in [3.8, 4) is 0 Å². The number of unbranched alkanes of at least 4 members (excludes halogenated alkanes) is 4. The molecule has 0 aliphatic carbocycles. The summed E-state index contributed by atoms with van der Waals surface area (Å²) in [6, 6.07) is 1.96. The Morgan fingerprint density at radius 2 is 1.90 bits per heavy atom. The summed E-state index contributed by atoms with van der Waals surface area (Å²) in [5.41, 5.74) is 0.960. The van der Waals surface area contributed by atoms with E-state index in [2.05, 4.69) is 28.8 Å². The summed E-state index contributed by atoms with van der Waals surface area (Å²) in [7, 11) is 0. The highest BCUT2D eigenvalue weighted by Gasteiger charge is 2.12. The van der Waals surface area contributed by atoms with Crippen LogP contribution in [0.2, 0.25) is 0 Å². The van der Waals surface area contributed by atoms with E-state index in [1.165, 1.54) is 38.5 Å². The lowest BCUT2D eigenvalue weighted by molar-refractivity contribution is 0.518. The van der Waals surface area contributed by atoms with Gasteiger partial charge < -0.3 is 0 Å². The molecule has 2 aromatic rings. The number of pyridine rings is 1. The standard InChI is InChI=1S/C17H25N3/c1-3-5-6-7-8-9-14(4-2)17-19-12-15-10-11-18-13-16(15)20-17/h10-14H,3-9H2,1-2H3. The van der Waals surface area contributed by atoms with Crippen LogP contribution in [0, 0.1) is 0 Å². The molecule has 3 nitrogen and oxygen atoms in total. The quantitative estimate of drug-likeness (QED) is 0.642. The molecule has 0 N–H and O–H groups in total. The van der Waals surface area contributed by atoms with Crippen molar-refractivity contribution in [3.05, 3.63) is 30.5 Å². The molecule has 2 aromatic heterocycles. The Bertz CT molecular complexity index is 524. The predicted molar refractivity (Wildman–Crippen MR) is 83.7 cm³/mol. The third-order valence-corrected chi connectivity index (χ3v) is 3.92. The van der Waals surface area contributed by atoms with Crippen LogP contribution in [0.15, 0.2) is 24.7 Å². The van der Waals surface area contributed by atoms with E-state index < -0.39 is 0 Å². The Morgan fingerprint density at radius 3 is 2.70 bits per heavy atom. The monoisotopic (exact) mass is 271 g/mol. The van der Waals surface area contributed by atoms with Crippen molar-refractivity contribution in [1.29, 1.82) is 0 Å². The van der Waals surface area contributed by atoms with Crippen molar-refractivity contribution in [1.82, 2.24) is 15.0 Å². The Morgan fingerprint density at radius 1 is 1.05 bits per heavy atom. The minimum absolute atomic E-state index is 0.487. The molecule has 0 aliphatic rings. The highest BCUT2D eigenvalue weighted by atomic mass is 14.9. The number of hydrogen-bond acceptors (Lipinski definition) is 3. The van der Waals surface area contributed by atoms with E-state index in [1.807, 2.05) is 18.5 Å². The van der Waals surface area contributed by atoms with E-state index in [0.717, 1.165) is 23.1 Å². The Kier molecular flexibility index (Phi) is 5.90. The lowest BCUT2D eigenvalue weighted by Gasteiger charge is -2.13. The molecular weight excluding hydrogens is 246 g/mol. The van der Waals surface area contributed by atoms with Crippen LogP contribution >= 0.6 is 0 Å². The lowest BCUT2D eigenvalue weighted by atomic mass is 9.97. The van der Waals surface area contributed by atoms with Crippen molar-refractivity contribution >= 4 is 10.9 Å². The maximum atomic E-state index is 4.69. The summed E-state index contributed by atoms with van der Waals surface area (Å²) in [6.07, 6.45) is 14.5. The van der Waals surface area contributed by atoms with Crippen LogP contribution in [-0.2, 0) is 0 Å². The second kappa shape index (κ2) is 7.93. The summed E-state index contributed by atoms with van der Waals surface area (Å²) in [5.74, 6) is 1.48. The van der Waals surface area contributed by atoms with E-state index in [1.54, 1.807) is 6.20 Å². The van der Waals surface area contributed by atoms with Crippen molar-refractivity contribution in [2.24, 2.45) is 0 Å². The van der Waals surface area contributed by atoms with Crippen LogP contribution in [0.25, 0.3) is 10.9 Å². The predicted octanol–water partition coefficient (Wildman–Crippen LogP) is 4.88. The van der Waals surface area contributed by atoms with Gasteiger partial charge in [-0.3, -0.25) is 4.98 Å². The summed E-state index contributed by atoms with van der Waals surface area (Å²) in [4.78, 5) is 13.4. The van der Waals surface area contributed by atoms with Crippen LogP contribution in [0.5, 0.6) is 0 Å². The molecule has 1 atom stereocenters. The van der Waals surface area contributed by atoms with Crippen molar-refractivity contribution < 1.29 is 0 Å². The van der Waals surface area contributed by atoms with Gasteiger partial charge in [0.1, 0.15) is 5.82 Å². The highest BCUT2D eigenvalue weighted by molar-refractivity contribution is 5.76. The first-order chi connectivity index (χ1) is 9.85. The number of rotatable bonds is 8. The van der Waals surface area contributed by atoms with Crippen molar-refractivity contribution in [3.63, 3.8) is 0 Å². The molecule has 0 aromatic carbocycles. The number of fused-ring (bicyclic) bond motifs is 1. The van der Waals surface area contributed by atoms with Crippen molar-refractivity contribution in [2.45, 2.75) is 64.7 Å². The smallest absolute Gasteiger partial charge is 0.132 e. The molecule has 0 radical (unpaired) electrons. The molecule has 1 unspecified atom stereocenters.